The van der Waals surface area contributed by atoms with Crippen molar-refractivity contribution in [2.24, 2.45) is 11.7 Å². The van der Waals surface area contributed by atoms with Crippen LogP contribution in [0.5, 0.6) is 0 Å². The summed E-state index contributed by atoms with van der Waals surface area (Å²) in [4.78, 5) is 0. The fourth-order valence-corrected chi connectivity index (χ4v) is 2.40. The zero-order chi connectivity index (χ0) is 11.8. The molecule has 3 nitrogen and oxygen atoms in total. The van der Waals surface area contributed by atoms with Crippen LogP contribution in [0.3, 0.4) is 0 Å². The molecule has 0 aromatic rings. The lowest BCUT2D eigenvalue weighted by atomic mass is 9.99. The number of hydrogen-bond donors (Lipinski definition) is 2. The van der Waals surface area contributed by atoms with Gasteiger partial charge < -0.3 is 15.8 Å². The predicted octanol–water partition coefficient (Wildman–Crippen LogP) is 1.91. The zero-order valence-corrected chi connectivity index (χ0v) is 10.9. The van der Waals surface area contributed by atoms with Crippen LogP contribution >= 0.6 is 0 Å². The molecule has 16 heavy (non-hydrogen) atoms. The Morgan fingerprint density at radius 3 is 2.94 bits per heavy atom. The summed E-state index contributed by atoms with van der Waals surface area (Å²) in [5.41, 5.74) is 6.02. The first kappa shape index (κ1) is 13.9. The second-order valence-corrected chi connectivity index (χ2v) is 4.93. The Bertz CT molecular complexity index is 175. The van der Waals surface area contributed by atoms with Gasteiger partial charge in [-0.3, -0.25) is 0 Å². The van der Waals surface area contributed by atoms with Crippen LogP contribution in [0.25, 0.3) is 0 Å². The maximum Gasteiger partial charge on any atom is 0.0613 e. The Morgan fingerprint density at radius 2 is 2.25 bits per heavy atom. The van der Waals surface area contributed by atoms with Crippen LogP contribution in [-0.2, 0) is 4.74 Å². The average Bonchev–Trinajstić information content (AvgIpc) is 2.74. The molecule has 1 heterocycles. The van der Waals surface area contributed by atoms with E-state index in [-0.39, 0.29) is 0 Å². The number of ether oxygens (including phenoxy) is 1. The molecule has 0 bridgehead atoms. The summed E-state index contributed by atoms with van der Waals surface area (Å²) in [7, 11) is 0. The molecule has 0 amide bonds. The number of nitrogens with two attached hydrogens (primary N) is 1. The molecule has 0 radical (unpaired) electrons. The fourth-order valence-electron chi connectivity index (χ4n) is 2.40. The van der Waals surface area contributed by atoms with Crippen LogP contribution in [-0.4, -0.2) is 31.8 Å². The van der Waals surface area contributed by atoms with Crippen molar-refractivity contribution in [2.45, 2.75) is 58.1 Å². The van der Waals surface area contributed by atoms with E-state index >= 15 is 0 Å². The van der Waals surface area contributed by atoms with Gasteiger partial charge in [-0.15, -0.1) is 0 Å². The SMILES string of the molecule is CCCCC(N)CNCC1CCOC1CC. The lowest BCUT2D eigenvalue weighted by molar-refractivity contribution is 0.0872. The second-order valence-electron chi connectivity index (χ2n) is 4.93. The first-order valence-electron chi connectivity index (χ1n) is 6.85. The minimum Gasteiger partial charge on any atom is -0.378 e. The highest BCUT2D eigenvalue weighted by atomic mass is 16.5. The van der Waals surface area contributed by atoms with Crippen molar-refractivity contribution >= 4 is 0 Å². The number of hydrogen-bond acceptors (Lipinski definition) is 3. The third-order valence-electron chi connectivity index (χ3n) is 3.49. The van der Waals surface area contributed by atoms with Gasteiger partial charge in [0.05, 0.1) is 6.10 Å². The van der Waals surface area contributed by atoms with Gasteiger partial charge in [0.25, 0.3) is 0 Å². The number of rotatable bonds is 8. The quantitative estimate of drug-likeness (QED) is 0.667. The van der Waals surface area contributed by atoms with Gasteiger partial charge >= 0.3 is 0 Å². The first-order valence-corrected chi connectivity index (χ1v) is 6.85. The molecule has 1 aliphatic heterocycles. The van der Waals surface area contributed by atoms with Crippen molar-refractivity contribution in [1.29, 1.82) is 0 Å². The summed E-state index contributed by atoms with van der Waals surface area (Å²) in [6.07, 6.45) is 6.43. The zero-order valence-electron chi connectivity index (χ0n) is 10.9. The maximum absolute atomic E-state index is 6.02. The van der Waals surface area contributed by atoms with Gasteiger partial charge in [-0.05, 0) is 25.2 Å². The van der Waals surface area contributed by atoms with E-state index in [9.17, 15) is 0 Å². The highest BCUT2D eigenvalue weighted by Gasteiger charge is 2.25. The van der Waals surface area contributed by atoms with Crippen molar-refractivity contribution in [3.63, 3.8) is 0 Å². The van der Waals surface area contributed by atoms with E-state index in [0.717, 1.165) is 32.5 Å². The highest BCUT2D eigenvalue weighted by molar-refractivity contribution is 4.77. The second kappa shape index (κ2) is 8.04. The van der Waals surface area contributed by atoms with Crippen LogP contribution in [0.1, 0.15) is 46.0 Å². The van der Waals surface area contributed by atoms with Crippen molar-refractivity contribution in [3.8, 4) is 0 Å². The Labute approximate surface area is 100 Å². The van der Waals surface area contributed by atoms with Gasteiger partial charge in [0.1, 0.15) is 0 Å². The minimum absolute atomic E-state index is 0.322. The van der Waals surface area contributed by atoms with Crippen LogP contribution in [0.4, 0.5) is 0 Å². The molecule has 0 aromatic carbocycles. The molecule has 0 aromatic heterocycles. The lowest BCUT2D eigenvalue weighted by Gasteiger charge is -2.19. The van der Waals surface area contributed by atoms with Crippen molar-refractivity contribution < 1.29 is 4.74 Å². The van der Waals surface area contributed by atoms with E-state index in [2.05, 4.69) is 19.2 Å². The molecule has 3 N–H and O–H groups in total. The van der Waals surface area contributed by atoms with E-state index in [0.29, 0.717) is 18.1 Å². The first-order chi connectivity index (χ1) is 7.77. The van der Waals surface area contributed by atoms with E-state index < -0.39 is 0 Å². The van der Waals surface area contributed by atoms with Crippen LogP contribution in [0.2, 0.25) is 0 Å². The topological polar surface area (TPSA) is 47.3 Å². The van der Waals surface area contributed by atoms with Gasteiger partial charge in [0.2, 0.25) is 0 Å². The largest absolute Gasteiger partial charge is 0.378 e. The molecule has 0 aliphatic carbocycles. The standard InChI is InChI=1S/C13H28N2O/c1-3-5-6-12(14)10-15-9-11-7-8-16-13(11)4-2/h11-13,15H,3-10,14H2,1-2H3. The van der Waals surface area contributed by atoms with Crippen molar-refractivity contribution in [3.05, 3.63) is 0 Å². The number of nitrogens with one attached hydrogen (secondary N) is 1. The smallest absolute Gasteiger partial charge is 0.0613 e. The molecule has 1 rings (SSSR count). The van der Waals surface area contributed by atoms with Gasteiger partial charge in [0.15, 0.2) is 0 Å². The molecule has 3 heteroatoms. The van der Waals surface area contributed by atoms with E-state index in [1.807, 2.05) is 0 Å². The number of unbranched alkanes of at least 4 members (excludes halogenated alkanes) is 1. The van der Waals surface area contributed by atoms with Crippen molar-refractivity contribution in [1.82, 2.24) is 5.32 Å². The Kier molecular flexibility index (Phi) is 7.01. The summed E-state index contributed by atoms with van der Waals surface area (Å²) in [5.74, 6) is 0.698. The molecule has 1 fully saturated rings. The van der Waals surface area contributed by atoms with Gasteiger partial charge in [-0.25, -0.2) is 0 Å². The highest BCUT2D eigenvalue weighted by Crippen LogP contribution is 2.22. The molecule has 1 aliphatic rings. The molecule has 3 atom stereocenters. The monoisotopic (exact) mass is 228 g/mol. The Hall–Kier alpha value is -0.120. The molecular weight excluding hydrogens is 200 g/mol. The minimum atomic E-state index is 0.322. The Balaban J connectivity index is 2.05. The molecule has 0 spiro atoms. The molecular formula is C13H28N2O. The molecule has 96 valence electrons. The normalized spacial score (nSPS) is 27.2. The molecule has 3 unspecified atom stereocenters. The van der Waals surface area contributed by atoms with Gasteiger partial charge in [-0.1, -0.05) is 26.7 Å². The third-order valence-corrected chi connectivity index (χ3v) is 3.49. The molecule has 1 saturated heterocycles. The average molecular weight is 228 g/mol. The van der Waals surface area contributed by atoms with Crippen LogP contribution in [0, 0.1) is 5.92 Å². The molecule has 0 saturated carbocycles. The van der Waals surface area contributed by atoms with E-state index in [4.69, 9.17) is 10.5 Å². The lowest BCUT2D eigenvalue weighted by Crippen LogP contribution is -2.37. The van der Waals surface area contributed by atoms with Gasteiger partial charge in [-0.2, -0.15) is 0 Å². The third kappa shape index (κ3) is 4.81. The summed E-state index contributed by atoms with van der Waals surface area (Å²) in [6, 6.07) is 0.322. The van der Waals surface area contributed by atoms with Crippen LogP contribution in [0.15, 0.2) is 0 Å². The van der Waals surface area contributed by atoms with E-state index in [1.54, 1.807) is 0 Å². The van der Waals surface area contributed by atoms with E-state index in [1.165, 1.54) is 19.3 Å². The fraction of sp³-hybridized carbons (Fsp3) is 1.00. The maximum atomic E-state index is 6.02. The predicted molar refractivity (Wildman–Crippen MR) is 68.5 cm³/mol. The van der Waals surface area contributed by atoms with Crippen molar-refractivity contribution in [2.75, 3.05) is 19.7 Å². The Morgan fingerprint density at radius 1 is 1.44 bits per heavy atom. The summed E-state index contributed by atoms with van der Waals surface area (Å²) >= 11 is 0. The summed E-state index contributed by atoms with van der Waals surface area (Å²) in [5, 5.41) is 3.50. The summed E-state index contributed by atoms with van der Waals surface area (Å²) in [6.45, 7) is 7.37. The summed E-state index contributed by atoms with van der Waals surface area (Å²) < 4.78 is 5.67. The van der Waals surface area contributed by atoms with Gasteiger partial charge in [0, 0.05) is 25.7 Å². The van der Waals surface area contributed by atoms with Crippen LogP contribution < -0.4 is 11.1 Å².